The van der Waals surface area contributed by atoms with Crippen molar-refractivity contribution in [3.05, 3.63) is 56.8 Å². The van der Waals surface area contributed by atoms with E-state index < -0.39 is 5.97 Å². The lowest BCUT2D eigenvalue weighted by molar-refractivity contribution is -0.139. The highest BCUT2D eigenvalue weighted by Gasteiger charge is 2.18. The number of rotatable bonds is 5. The summed E-state index contributed by atoms with van der Waals surface area (Å²) < 4.78 is 6.89. The Labute approximate surface area is 157 Å². The molecule has 0 aliphatic rings. The highest BCUT2D eigenvalue weighted by molar-refractivity contribution is 6.34. The summed E-state index contributed by atoms with van der Waals surface area (Å²) in [4.78, 5) is 23.8. The van der Waals surface area contributed by atoms with Gasteiger partial charge in [0.05, 0.1) is 17.3 Å². The van der Waals surface area contributed by atoms with Crippen LogP contribution in [0.2, 0.25) is 10.0 Å². The maximum atomic E-state index is 12.0. The summed E-state index contributed by atoms with van der Waals surface area (Å²) in [6, 6.07) is 7.10. The monoisotopic (exact) mass is 379 g/mol. The van der Waals surface area contributed by atoms with Crippen molar-refractivity contribution >= 4 is 41.0 Å². The summed E-state index contributed by atoms with van der Waals surface area (Å²) in [5.74, 6) is -0.968. The fraction of sp³-hybridized carbons (Fsp3) is 0.263. The SMILES string of the molecule is CCOC(=O)C(=Cc1cc(C)n(-c2cc(Cl)ccc2Cl)c1C)C(C)=O. The van der Waals surface area contributed by atoms with Crippen LogP contribution >= 0.6 is 23.2 Å². The van der Waals surface area contributed by atoms with Crippen molar-refractivity contribution < 1.29 is 14.3 Å². The average Bonchev–Trinajstić information content (AvgIpc) is 2.81. The fourth-order valence-electron chi connectivity index (χ4n) is 2.63. The van der Waals surface area contributed by atoms with Crippen LogP contribution in [-0.4, -0.2) is 22.9 Å². The van der Waals surface area contributed by atoms with Gasteiger partial charge in [-0.25, -0.2) is 4.79 Å². The number of carbonyl (C=O) groups excluding carboxylic acids is 2. The zero-order valence-corrected chi connectivity index (χ0v) is 16.0. The van der Waals surface area contributed by atoms with E-state index in [1.54, 1.807) is 31.2 Å². The summed E-state index contributed by atoms with van der Waals surface area (Å²) in [6.07, 6.45) is 1.55. The van der Waals surface area contributed by atoms with E-state index in [-0.39, 0.29) is 18.0 Å². The summed E-state index contributed by atoms with van der Waals surface area (Å²) in [7, 11) is 0. The van der Waals surface area contributed by atoms with Crippen LogP contribution in [-0.2, 0) is 14.3 Å². The smallest absolute Gasteiger partial charge is 0.341 e. The Hall–Kier alpha value is -2.04. The molecule has 132 valence electrons. The van der Waals surface area contributed by atoms with Crippen LogP contribution in [0.1, 0.15) is 30.8 Å². The standard InChI is InChI=1S/C19H19Cl2NO3/c1-5-25-19(24)16(13(4)23)9-14-8-11(2)22(12(14)3)18-10-15(20)6-7-17(18)21/h6-10H,5H2,1-4H3. The first-order valence-corrected chi connectivity index (χ1v) is 8.56. The van der Waals surface area contributed by atoms with Crippen molar-refractivity contribution in [1.29, 1.82) is 0 Å². The van der Waals surface area contributed by atoms with Gasteiger partial charge in [-0.1, -0.05) is 23.2 Å². The van der Waals surface area contributed by atoms with Gasteiger partial charge in [-0.3, -0.25) is 4.79 Å². The van der Waals surface area contributed by atoms with E-state index >= 15 is 0 Å². The number of hydrogen-bond donors (Lipinski definition) is 0. The van der Waals surface area contributed by atoms with E-state index in [1.165, 1.54) is 6.92 Å². The average molecular weight is 380 g/mol. The molecule has 1 aromatic carbocycles. The van der Waals surface area contributed by atoms with E-state index in [4.69, 9.17) is 27.9 Å². The normalized spacial score (nSPS) is 11.5. The number of Topliss-reactive ketones (excluding diaryl/α,β-unsaturated/α-hetero) is 1. The second-order valence-electron chi connectivity index (χ2n) is 5.59. The van der Waals surface area contributed by atoms with Gasteiger partial charge in [-0.05, 0) is 63.6 Å². The van der Waals surface area contributed by atoms with Crippen LogP contribution in [0.4, 0.5) is 0 Å². The molecule has 0 atom stereocenters. The number of nitrogens with zero attached hydrogens (tertiary/aromatic N) is 1. The number of esters is 1. The maximum Gasteiger partial charge on any atom is 0.341 e. The zero-order chi connectivity index (χ0) is 18.7. The lowest BCUT2D eigenvalue weighted by Crippen LogP contribution is -2.13. The van der Waals surface area contributed by atoms with E-state index in [1.807, 2.05) is 24.5 Å². The van der Waals surface area contributed by atoms with Gasteiger partial charge in [-0.15, -0.1) is 0 Å². The lowest BCUT2D eigenvalue weighted by atomic mass is 10.1. The molecule has 1 heterocycles. The largest absolute Gasteiger partial charge is 0.462 e. The van der Waals surface area contributed by atoms with Crippen LogP contribution in [0.15, 0.2) is 29.8 Å². The molecule has 2 aromatic rings. The molecular weight excluding hydrogens is 361 g/mol. The molecule has 1 aromatic heterocycles. The van der Waals surface area contributed by atoms with Crippen molar-refractivity contribution in [2.24, 2.45) is 0 Å². The lowest BCUT2D eigenvalue weighted by Gasteiger charge is -2.12. The molecule has 0 saturated heterocycles. The minimum Gasteiger partial charge on any atom is -0.462 e. The molecule has 2 rings (SSSR count). The molecule has 0 spiro atoms. The Balaban J connectivity index is 2.59. The summed E-state index contributed by atoms with van der Waals surface area (Å²) >= 11 is 12.4. The van der Waals surface area contributed by atoms with Gasteiger partial charge in [-0.2, -0.15) is 0 Å². The Kier molecular flexibility index (Phi) is 6.09. The number of aryl methyl sites for hydroxylation is 1. The second kappa shape index (κ2) is 7.89. The molecular formula is C19H19Cl2NO3. The molecule has 0 aliphatic carbocycles. The molecule has 0 unspecified atom stereocenters. The van der Waals surface area contributed by atoms with E-state index in [2.05, 4.69) is 0 Å². The summed E-state index contributed by atoms with van der Waals surface area (Å²) in [6.45, 7) is 7.05. The zero-order valence-electron chi connectivity index (χ0n) is 14.5. The Bertz CT molecular complexity index is 866. The third-order valence-corrected chi connectivity index (χ3v) is 4.35. The number of aromatic nitrogens is 1. The van der Waals surface area contributed by atoms with Gasteiger partial charge >= 0.3 is 5.97 Å². The van der Waals surface area contributed by atoms with Crippen molar-refractivity contribution in [3.8, 4) is 5.69 Å². The van der Waals surface area contributed by atoms with Crippen LogP contribution in [0.3, 0.4) is 0 Å². The Morgan fingerprint density at radius 2 is 1.88 bits per heavy atom. The topological polar surface area (TPSA) is 48.3 Å². The van der Waals surface area contributed by atoms with Gasteiger partial charge in [0.25, 0.3) is 0 Å². The number of benzene rings is 1. The molecule has 6 heteroatoms. The highest BCUT2D eigenvalue weighted by atomic mass is 35.5. The van der Waals surface area contributed by atoms with Crippen molar-refractivity contribution in [1.82, 2.24) is 4.57 Å². The third kappa shape index (κ3) is 4.14. The van der Waals surface area contributed by atoms with Crippen LogP contribution in [0.5, 0.6) is 0 Å². The van der Waals surface area contributed by atoms with Gasteiger partial charge in [0.1, 0.15) is 5.57 Å². The van der Waals surface area contributed by atoms with Crippen LogP contribution in [0.25, 0.3) is 11.8 Å². The first-order valence-electron chi connectivity index (χ1n) is 7.80. The first-order chi connectivity index (χ1) is 11.8. The second-order valence-corrected chi connectivity index (χ2v) is 6.44. The Morgan fingerprint density at radius 3 is 2.48 bits per heavy atom. The third-order valence-electron chi connectivity index (χ3n) is 3.79. The number of ketones is 1. The van der Waals surface area contributed by atoms with Gasteiger partial charge in [0.2, 0.25) is 0 Å². The fourth-order valence-corrected chi connectivity index (χ4v) is 3.00. The quantitative estimate of drug-likeness (QED) is 0.320. The van der Waals surface area contributed by atoms with Gasteiger partial charge in [0.15, 0.2) is 5.78 Å². The molecule has 0 saturated carbocycles. The van der Waals surface area contributed by atoms with Crippen LogP contribution < -0.4 is 0 Å². The number of hydrogen-bond acceptors (Lipinski definition) is 3. The molecule has 0 radical (unpaired) electrons. The first kappa shape index (κ1) is 19.3. The molecule has 0 amide bonds. The van der Waals surface area contributed by atoms with Crippen LogP contribution in [0, 0.1) is 13.8 Å². The van der Waals surface area contributed by atoms with E-state index in [9.17, 15) is 9.59 Å². The molecule has 0 bridgehead atoms. The number of halogens is 2. The maximum absolute atomic E-state index is 12.0. The molecule has 0 aliphatic heterocycles. The van der Waals surface area contributed by atoms with E-state index in [0.29, 0.717) is 10.0 Å². The molecule has 0 N–H and O–H groups in total. The number of ether oxygens (including phenoxy) is 1. The van der Waals surface area contributed by atoms with Crippen molar-refractivity contribution in [2.75, 3.05) is 6.61 Å². The molecule has 0 fully saturated rings. The summed E-state index contributed by atoms with van der Waals surface area (Å²) in [5, 5.41) is 1.12. The predicted molar refractivity (Wildman–Crippen MR) is 101 cm³/mol. The molecule has 25 heavy (non-hydrogen) atoms. The predicted octanol–water partition coefficient (Wildman–Crippen LogP) is 4.94. The van der Waals surface area contributed by atoms with Crippen molar-refractivity contribution in [2.45, 2.75) is 27.7 Å². The van der Waals surface area contributed by atoms with Gasteiger partial charge < -0.3 is 9.30 Å². The van der Waals surface area contributed by atoms with Gasteiger partial charge in [0, 0.05) is 16.4 Å². The Morgan fingerprint density at radius 1 is 1.20 bits per heavy atom. The number of carbonyl (C=O) groups is 2. The highest BCUT2D eigenvalue weighted by Crippen LogP contribution is 2.29. The summed E-state index contributed by atoms with van der Waals surface area (Å²) in [5.41, 5.74) is 3.24. The molecule has 4 nitrogen and oxygen atoms in total. The van der Waals surface area contributed by atoms with E-state index in [0.717, 1.165) is 22.6 Å². The minimum atomic E-state index is -0.624. The van der Waals surface area contributed by atoms with Crippen molar-refractivity contribution in [3.63, 3.8) is 0 Å². The minimum absolute atomic E-state index is 0.0132.